The molecule has 1 aliphatic rings. The Bertz CT molecular complexity index is 706. The topological polar surface area (TPSA) is 131 Å². The number of alkyl halides is 2. The molecule has 0 aliphatic heterocycles. The first-order chi connectivity index (χ1) is 12.8. The van der Waals surface area contributed by atoms with Gasteiger partial charge < -0.3 is 26.2 Å². The van der Waals surface area contributed by atoms with Gasteiger partial charge in [-0.3, -0.25) is 9.59 Å². The highest BCUT2D eigenvalue weighted by Crippen LogP contribution is 2.27. The standard InChI is InChI=1S/C17H21F2N3O5/c18-14(19)8-27-13-6-3-10(15(20)23)7-12(13)22-17(26)21-11-4-1-9(2-5-11)16(24)25/h3,6-7,9,11,14H,1-2,4-5,8H2,(H2,20,23)(H,24,25)(H2,21,22,26). The highest BCUT2D eigenvalue weighted by molar-refractivity contribution is 5.97. The third kappa shape index (κ3) is 6.08. The summed E-state index contributed by atoms with van der Waals surface area (Å²) in [6.45, 7) is -0.870. The molecular weight excluding hydrogens is 364 g/mol. The summed E-state index contributed by atoms with van der Waals surface area (Å²) in [4.78, 5) is 34.5. The zero-order chi connectivity index (χ0) is 20.0. The lowest BCUT2D eigenvalue weighted by Gasteiger charge is -2.27. The van der Waals surface area contributed by atoms with Crippen LogP contribution in [0.1, 0.15) is 36.0 Å². The van der Waals surface area contributed by atoms with Gasteiger partial charge >= 0.3 is 12.0 Å². The van der Waals surface area contributed by atoms with Gasteiger partial charge in [0.15, 0.2) is 0 Å². The maximum atomic E-state index is 12.4. The summed E-state index contributed by atoms with van der Waals surface area (Å²) >= 11 is 0. The number of nitrogens with one attached hydrogen (secondary N) is 2. The lowest BCUT2D eigenvalue weighted by Crippen LogP contribution is -2.41. The van der Waals surface area contributed by atoms with E-state index in [-0.39, 0.29) is 23.0 Å². The minimum Gasteiger partial charge on any atom is -0.485 e. The molecule has 3 amide bonds. The molecule has 1 aromatic rings. The van der Waals surface area contributed by atoms with Crippen molar-refractivity contribution in [3.8, 4) is 5.75 Å². The van der Waals surface area contributed by atoms with E-state index < -0.39 is 36.9 Å². The average molecular weight is 385 g/mol. The Balaban J connectivity index is 2.01. The van der Waals surface area contributed by atoms with Gasteiger partial charge in [0.25, 0.3) is 6.43 Å². The van der Waals surface area contributed by atoms with Crippen LogP contribution in [0.25, 0.3) is 0 Å². The number of ether oxygens (including phenoxy) is 1. The number of carboxylic acids is 1. The van der Waals surface area contributed by atoms with Gasteiger partial charge in [-0.1, -0.05) is 0 Å². The lowest BCUT2D eigenvalue weighted by atomic mass is 9.86. The van der Waals surface area contributed by atoms with Crippen LogP contribution in [0.4, 0.5) is 19.3 Å². The number of nitrogens with two attached hydrogens (primary N) is 1. The Morgan fingerprint density at radius 3 is 2.44 bits per heavy atom. The van der Waals surface area contributed by atoms with Gasteiger partial charge in [0, 0.05) is 11.6 Å². The van der Waals surface area contributed by atoms with E-state index in [1.807, 2.05) is 0 Å². The SMILES string of the molecule is NC(=O)c1ccc(OCC(F)F)c(NC(=O)NC2CCC(C(=O)O)CC2)c1. The number of carbonyl (C=O) groups excluding carboxylic acids is 2. The van der Waals surface area contributed by atoms with Gasteiger partial charge in [-0.2, -0.15) is 0 Å². The van der Waals surface area contributed by atoms with Crippen molar-refractivity contribution in [2.24, 2.45) is 11.7 Å². The monoisotopic (exact) mass is 385 g/mol. The Labute approximate surface area is 154 Å². The van der Waals surface area contributed by atoms with Gasteiger partial charge in [-0.15, -0.1) is 0 Å². The normalized spacial score (nSPS) is 19.4. The fourth-order valence-corrected chi connectivity index (χ4v) is 2.89. The molecule has 0 radical (unpaired) electrons. The van der Waals surface area contributed by atoms with Crippen molar-refractivity contribution >= 4 is 23.6 Å². The van der Waals surface area contributed by atoms with Crippen LogP contribution in [0.15, 0.2) is 18.2 Å². The van der Waals surface area contributed by atoms with Crippen molar-refractivity contribution in [1.29, 1.82) is 0 Å². The molecule has 0 aromatic heterocycles. The Kier molecular flexibility index (Phi) is 6.91. The molecule has 0 bridgehead atoms. The second-order valence-electron chi connectivity index (χ2n) is 6.26. The van der Waals surface area contributed by atoms with Crippen molar-refractivity contribution in [2.75, 3.05) is 11.9 Å². The molecule has 0 atom stereocenters. The minimum absolute atomic E-state index is 0.0231. The number of anilines is 1. The number of hydrogen-bond donors (Lipinski definition) is 4. The summed E-state index contributed by atoms with van der Waals surface area (Å²) in [6, 6.07) is 3.00. The third-order valence-corrected chi connectivity index (χ3v) is 4.29. The van der Waals surface area contributed by atoms with E-state index in [4.69, 9.17) is 15.6 Å². The Morgan fingerprint density at radius 2 is 1.89 bits per heavy atom. The summed E-state index contributed by atoms with van der Waals surface area (Å²) in [5.74, 6) is -2.02. The first-order valence-corrected chi connectivity index (χ1v) is 8.41. The maximum Gasteiger partial charge on any atom is 0.319 e. The van der Waals surface area contributed by atoms with Crippen molar-refractivity contribution in [2.45, 2.75) is 38.2 Å². The summed E-state index contributed by atoms with van der Waals surface area (Å²) in [6.07, 6.45) is -0.756. The molecule has 0 spiro atoms. The van der Waals surface area contributed by atoms with E-state index in [9.17, 15) is 23.2 Å². The van der Waals surface area contributed by atoms with Gasteiger partial charge in [0.2, 0.25) is 5.91 Å². The summed E-state index contributed by atoms with van der Waals surface area (Å²) in [7, 11) is 0. The number of rotatable bonds is 7. The molecule has 1 aromatic carbocycles. The quantitative estimate of drug-likeness (QED) is 0.571. The van der Waals surface area contributed by atoms with Crippen molar-refractivity contribution in [1.82, 2.24) is 5.32 Å². The number of carboxylic acid groups (broad SMARTS) is 1. The number of primary amides is 1. The number of amides is 3. The lowest BCUT2D eigenvalue weighted by molar-refractivity contribution is -0.142. The molecule has 0 heterocycles. The van der Waals surface area contributed by atoms with Crippen LogP contribution in [0.5, 0.6) is 5.75 Å². The molecule has 1 saturated carbocycles. The van der Waals surface area contributed by atoms with Crippen LogP contribution in [0.3, 0.4) is 0 Å². The fourth-order valence-electron chi connectivity index (χ4n) is 2.89. The molecule has 1 aliphatic carbocycles. The number of aliphatic carboxylic acids is 1. The number of halogens is 2. The molecule has 27 heavy (non-hydrogen) atoms. The van der Waals surface area contributed by atoms with Crippen LogP contribution in [-0.4, -0.2) is 42.1 Å². The smallest absolute Gasteiger partial charge is 0.319 e. The van der Waals surface area contributed by atoms with Crippen molar-refractivity contribution in [3.63, 3.8) is 0 Å². The molecule has 5 N–H and O–H groups in total. The van der Waals surface area contributed by atoms with Gasteiger partial charge in [-0.05, 0) is 43.9 Å². The predicted molar refractivity (Wildman–Crippen MR) is 92.0 cm³/mol. The Hall–Kier alpha value is -2.91. The van der Waals surface area contributed by atoms with E-state index in [1.165, 1.54) is 18.2 Å². The molecular formula is C17H21F2N3O5. The average Bonchev–Trinajstić information content (AvgIpc) is 2.60. The zero-order valence-corrected chi connectivity index (χ0v) is 14.4. The fraction of sp³-hybridized carbons (Fsp3) is 0.471. The zero-order valence-electron chi connectivity index (χ0n) is 14.4. The van der Waals surface area contributed by atoms with Crippen LogP contribution < -0.4 is 21.1 Å². The van der Waals surface area contributed by atoms with Crippen molar-refractivity contribution < 1.29 is 33.0 Å². The number of hydrogen-bond acceptors (Lipinski definition) is 4. The van der Waals surface area contributed by atoms with E-state index in [2.05, 4.69) is 10.6 Å². The summed E-state index contributed by atoms with van der Waals surface area (Å²) in [5.41, 5.74) is 5.31. The third-order valence-electron chi connectivity index (χ3n) is 4.29. The predicted octanol–water partition coefficient (Wildman–Crippen LogP) is 2.19. The number of carbonyl (C=O) groups is 3. The summed E-state index contributed by atoms with van der Waals surface area (Å²) in [5, 5.41) is 14.2. The van der Waals surface area contributed by atoms with E-state index in [0.717, 1.165) is 0 Å². The van der Waals surface area contributed by atoms with E-state index in [1.54, 1.807) is 0 Å². The van der Waals surface area contributed by atoms with E-state index >= 15 is 0 Å². The molecule has 2 rings (SSSR count). The first-order valence-electron chi connectivity index (χ1n) is 8.41. The van der Waals surface area contributed by atoms with Crippen molar-refractivity contribution in [3.05, 3.63) is 23.8 Å². The molecule has 148 valence electrons. The highest BCUT2D eigenvalue weighted by atomic mass is 19.3. The largest absolute Gasteiger partial charge is 0.485 e. The molecule has 0 saturated heterocycles. The van der Waals surface area contributed by atoms with Gasteiger partial charge in [0.05, 0.1) is 11.6 Å². The van der Waals surface area contributed by atoms with Crippen LogP contribution >= 0.6 is 0 Å². The maximum absolute atomic E-state index is 12.4. The van der Waals surface area contributed by atoms with Crippen LogP contribution in [-0.2, 0) is 4.79 Å². The van der Waals surface area contributed by atoms with Gasteiger partial charge in [0.1, 0.15) is 12.4 Å². The van der Waals surface area contributed by atoms with E-state index in [0.29, 0.717) is 25.7 Å². The van der Waals surface area contributed by atoms with Crippen LogP contribution in [0, 0.1) is 5.92 Å². The molecule has 8 nitrogen and oxygen atoms in total. The molecule has 10 heteroatoms. The Morgan fingerprint density at radius 1 is 1.22 bits per heavy atom. The first kappa shape index (κ1) is 20.4. The second-order valence-corrected chi connectivity index (χ2v) is 6.26. The highest BCUT2D eigenvalue weighted by Gasteiger charge is 2.27. The summed E-state index contributed by atoms with van der Waals surface area (Å²) < 4.78 is 29.7. The second kappa shape index (κ2) is 9.15. The van der Waals surface area contributed by atoms with Crippen LogP contribution in [0.2, 0.25) is 0 Å². The molecule has 1 fully saturated rings. The number of urea groups is 1. The molecule has 0 unspecified atom stereocenters. The number of benzene rings is 1. The van der Waals surface area contributed by atoms with Gasteiger partial charge in [-0.25, -0.2) is 13.6 Å². The minimum atomic E-state index is -2.70.